The Morgan fingerprint density at radius 2 is 2.05 bits per heavy atom. The van der Waals surface area contributed by atoms with Gasteiger partial charge in [0.1, 0.15) is 0 Å². The number of hydrogen-bond acceptors (Lipinski definition) is 3. The normalized spacial score (nSPS) is 14.5. The molecule has 2 aromatic rings. The summed E-state index contributed by atoms with van der Waals surface area (Å²) in [4.78, 5) is 15.1. The Kier molecular flexibility index (Phi) is 3.60. The zero-order valence-electron chi connectivity index (χ0n) is 11.1. The topological polar surface area (TPSA) is 58.4 Å². The first-order valence-corrected chi connectivity index (χ1v) is 7.61. The predicted molar refractivity (Wildman–Crippen MR) is 84.0 cm³/mol. The minimum Gasteiger partial charge on any atom is -0.397 e. The maximum Gasteiger partial charge on any atom is 0.321 e. The van der Waals surface area contributed by atoms with Crippen LogP contribution in [0.25, 0.3) is 10.4 Å². The molecule has 0 radical (unpaired) electrons. The SMILES string of the molecule is Nc1ccc(-c2cccs2)cc1NC(=O)N1CCCC1. The van der Waals surface area contributed by atoms with Gasteiger partial charge >= 0.3 is 6.03 Å². The third-order valence-corrected chi connectivity index (χ3v) is 4.41. The Bertz CT molecular complexity index is 604. The van der Waals surface area contributed by atoms with Crippen molar-refractivity contribution >= 4 is 28.7 Å². The average molecular weight is 287 g/mol. The molecule has 1 aromatic heterocycles. The van der Waals surface area contributed by atoms with E-state index in [1.54, 1.807) is 11.3 Å². The Morgan fingerprint density at radius 3 is 2.75 bits per heavy atom. The molecule has 1 saturated heterocycles. The van der Waals surface area contributed by atoms with Crippen molar-refractivity contribution in [2.45, 2.75) is 12.8 Å². The number of thiophene rings is 1. The van der Waals surface area contributed by atoms with Crippen LogP contribution in [0, 0.1) is 0 Å². The Labute approximate surface area is 122 Å². The molecule has 0 unspecified atom stereocenters. The molecular weight excluding hydrogens is 270 g/mol. The monoisotopic (exact) mass is 287 g/mol. The van der Waals surface area contributed by atoms with Crippen LogP contribution in [0.15, 0.2) is 35.7 Å². The fourth-order valence-electron chi connectivity index (χ4n) is 2.38. The molecule has 0 atom stereocenters. The smallest absolute Gasteiger partial charge is 0.321 e. The second-order valence-corrected chi connectivity index (χ2v) is 5.85. The van der Waals surface area contributed by atoms with Crippen molar-refractivity contribution in [2.24, 2.45) is 0 Å². The van der Waals surface area contributed by atoms with Crippen molar-refractivity contribution in [3.8, 4) is 10.4 Å². The summed E-state index contributed by atoms with van der Waals surface area (Å²) >= 11 is 1.67. The number of hydrogen-bond donors (Lipinski definition) is 2. The van der Waals surface area contributed by atoms with E-state index in [4.69, 9.17) is 5.73 Å². The van der Waals surface area contributed by atoms with E-state index in [9.17, 15) is 4.79 Å². The van der Waals surface area contributed by atoms with Crippen LogP contribution in [-0.4, -0.2) is 24.0 Å². The number of nitrogens with zero attached hydrogens (tertiary/aromatic N) is 1. The molecule has 5 heteroatoms. The lowest BCUT2D eigenvalue weighted by atomic mass is 10.1. The summed E-state index contributed by atoms with van der Waals surface area (Å²) in [5.41, 5.74) is 8.32. The molecule has 4 nitrogen and oxygen atoms in total. The van der Waals surface area contributed by atoms with Gasteiger partial charge < -0.3 is 16.0 Å². The Balaban J connectivity index is 1.81. The molecule has 1 aromatic carbocycles. The first-order valence-electron chi connectivity index (χ1n) is 6.73. The lowest BCUT2D eigenvalue weighted by molar-refractivity contribution is 0.222. The number of likely N-dealkylation sites (tertiary alicyclic amines) is 1. The van der Waals surface area contributed by atoms with Crippen molar-refractivity contribution in [1.29, 1.82) is 0 Å². The molecule has 104 valence electrons. The van der Waals surface area contributed by atoms with E-state index in [0.29, 0.717) is 11.4 Å². The highest BCUT2D eigenvalue weighted by Crippen LogP contribution is 2.30. The quantitative estimate of drug-likeness (QED) is 0.829. The summed E-state index contributed by atoms with van der Waals surface area (Å²) < 4.78 is 0. The van der Waals surface area contributed by atoms with Gasteiger partial charge in [0.15, 0.2) is 0 Å². The lowest BCUT2D eigenvalue weighted by Gasteiger charge is -2.17. The van der Waals surface area contributed by atoms with Gasteiger partial charge in [-0.2, -0.15) is 0 Å². The minimum absolute atomic E-state index is 0.0578. The number of benzene rings is 1. The van der Waals surface area contributed by atoms with Crippen LogP contribution in [0.4, 0.5) is 16.2 Å². The van der Waals surface area contributed by atoms with E-state index < -0.39 is 0 Å². The van der Waals surface area contributed by atoms with Crippen LogP contribution < -0.4 is 11.1 Å². The van der Waals surface area contributed by atoms with Gasteiger partial charge in [-0.25, -0.2) is 4.79 Å². The van der Waals surface area contributed by atoms with Crippen molar-refractivity contribution in [3.05, 3.63) is 35.7 Å². The third kappa shape index (κ3) is 2.63. The molecule has 2 amide bonds. The Hall–Kier alpha value is -2.01. The molecule has 20 heavy (non-hydrogen) atoms. The van der Waals surface area contributed by atoms with E-state index in [1.807, 2.05) is 34.5 Å². The predicted octanol–water partition coefficient (Wildman–Crippen LogP) is 3.63. The fraction of sp³-hybridized carbons (Fsp3) is 0.267. The molecule has 1 fully saturated rings. The molecule has 1 aliphatic rings. The van der Waals surface area contributed by atoms with Crippen molar-refractivity contribution in [1.82, 2.24) is 4.90 Å². The van der Waals surface area contributed by atoms with Crippen LogP contribution in [0.5, 0.6) is 0 Å². The maximum atomic E-state index is 12.1. The third-order valence-electron chi connectivity index (χ3n) is 3.49. The van der Waals surface area contributed by atoms with Crippen molar-refractivity contribution in [3.63, 3.8) is 0 Å². The molecule has 3 N–H and O–H groups in total. The maximum absolute atomic E-state index is 12.1. The summed E-state index contributed by atoms with van der Waals surface area (Å²) in [6.07, 6.45) is 2.16. The largest absolute Gasteiger partial charge is 0.397 e. The van der Waals surface area contributed by atoms with Crippen LogP contribution in [0.2, 0.25) is 0 Å². The number of anilines is 2. The van der Waals surface area contributed by atoms with Gasteiger partial charge in [0, 0.05) is 18.0 Å². The minimum atomic E-state index is -0.0578. The molecular formula is C15H17N3OS. The van der Waals surface area contributed by atoms with E-state index >= 15 is 0 Å². The highest BCUT2D eigenvalue weighted by molar-refractivity contribution is 7.13. The van der Waals surface area contributed by atoms with Crippen LogP contribution in [0.3, 0.4) is 0 Å². The van der Waals surface area contributed by atoms with Gasteiger partial charge in [-0.1, -0.05) is 12.1 Å². The summed E-state index contributed by atoms with van der Waals surface area (Å²) in [5.74, 6) is 0. The van der Waals surface area contributed by atoms with Gasteiger partial charge in [-0.05, 0) is 42.0 Å². The number of rotatable bonds is 2. The molecule has 2 heterocycles. The van der Waals surface area contributed by atoms with Crippen LogP contribution in [0.1, 0.15) is 12.8 Å². The number of nitrogens with two attached hydrogens (primary N) is 1. The molecule has 3 rings (SSSR count). The molecule has 0 saturated carbocycles. The van der Waals surface area contributed by atoms with E-state index in [0.717, 1.165) is 31.5 Å². The number of urea groups is 1. The molecule has 0 spiro atoms. The molecule has 0 bridgehead atoms. The standard InChI is InChI=1S/C15H17N3OS/c16-12-6-5-11(14-4-3-9-20-14)10-13(12)17-15(19)18-7-1-2-8-18/h3-6,9-10H,1-2,7-8,16H2,(H,17,19). The zero-order chi connectivity index (χ0) is 13.9. The summed E-state index contributed by atoms with van der Waals surface area (Å²) in [5, 5.41) is 4.96. The number of carbonyl (C=O) groups is 1. The number of nitrogen functional groups attached to an aromatic ring is 1. The number of carbonyl (C=O) groups excluding carboxylic acids is 1. The van der Waals surface area contributed by atoms with Gasteiger partial charge in [0.05, 0.1) is 11.4 Å². The van der Waals surface area contributed by atoms with Crippen LogP contribution in [-0.2, 0) is 0 Å². The summed E-state index contributed by atoms with van der Waals surface area (Å²) in [6.45, 7) is 1.66. The molecule has 1 aliphatic heterocycles. The molecule has 0 aliphatic carbocycles. The summed E-state index contributed by atoms with van der Waals surface area (Å²) in [6, 6.07) is 9.77. The fourth-order valence-corrected chi connectivity index (χ4v) is 3.10. The van der Waals surface area contributed by atoms with Gasteiger partial charge in [0.25, 0.3) is 0 Å². The summed E-state index contributed by atoms with van der Waals surface area (Å²) in [7, 11) is 0. The van der Waals surface area contributed by atoms with Gasteiger partial charge in [-0.3, -0.25) is 0 Å². The second kappa shape index (κ2) is 5.54. The first kappa shape index (κ1) is 13.0. The number of nitrogens with one attached hydrogen (secondary N) is 1. The first-order chi connectivity index (χ1) is 9.74. The van der Waals surface area contributed by atoms with E-state index in [1.165, 1.54) is 4.88 Å². The van der Waals surface area contributed by atoms with Gasteiger partial charge in [-0.15, -0.1) is 11.3 Å². The van der Waals surface area contributed by atoms with Crippen molar-refractivity contribution in [2.75, 3.05) is 24.1 Å². The van der Waals surface area contributed by atoms with Crippen LogP contribution >= 0.6 is 11.3 Å². The highest BCUT2D eigenvalue weighted by atomic mass is 32.1. The zero-order valence-corrected chi connectivity index (χ0v) is 12.0. The average Bonchev–Trinajstić information content (AvgIpc) is 3.14. The van der Waals surface area contributed by atoms with Gasteiger partial charge in [0.2, 0.25) is 0 Å². The van der Waals surface area contributed by atoms with E-state index in [2.05, 4.69) is 11.4 Å². The van der Waals surface area contributed by atoms with Crippen molar-refractivity contribution < 1.29 is 4.79 Å². The number of amides is 2. The highest BCUT2D eigenvalue weighted by Gasteiger charge is 2.18. The van der Waals surface area contributed by atoms with E-state index in [-0.39, 0.29) is 6.03 Å². The second-order valence-electron chi connectivity index (χ2n) is 4.90. The lowest BCUT2D eigenvalue weighted by Crippen LogP contribution is -2.32. The Morgan fingerprint density at radius 1 is 1.25 bits per heavy atom.